The van der Waals surface area contributed by atoms with Gasteiger partial charge in [0, 0.05) is 68.1 Å². The van der Waals surface area contributed by atoms with E-state index in [0.717, 1.165) is 45.0 Å². The number of aliphatic imine (C=N–C) groups is 1. The third-order valence-corrected chi connectivity index (χ3v) is 18.8. The molecular formula is C68H88IN15O18S3. The van der Waals surface area contributed by atoms with Crippen molar-refractivity contribution in [3.63, 3.8) is 0 Å². The van der Waals surface area contributed by atoms with Crippen LogP contribution in [0, 0.1) is 19.8 Å². The van der Waals surface area contributed by atoms with Crippen LogP contribution in [0.4, 0.5) is 22.7 Å². The van der Waals surface area contributed by atoms with Gasteiger partial charge >= 0.3 is 10.6 Å². The third kappa shape index (κ3) is 27.4. The summed E-state index contributed by atoms with van der Waals surface area (Å²) in [6.07, 6.45) is 1.82. The molecule has 2 heterocycles. The number of aryl methyl sites for hydroxylation is 2. The van der Waals surface area contributed by atoms with Gasteiger partial charge < -0.3 is 70.4 Å². The van der Waals surface area contributed by atoms with Crippen LogP contribution in [0.5, 0.6) is 11.5 Å². The zero-order valence-corrected chi connectivity index (χ0v) is 62.8. The number of hydrogen-bond donors (Lipinski definition) is 14. The molecule has 2 fully saturated rings. The number of thioether (sulfide) groups is 1. The number of halogens is 1. The molecule has 5 aromatic carbocycles. The first-order chi connectivity index (χ1) is 49.8. The number of Topliss-reactive ketones (excluding diaryl/α,β-unsaturated/α-hetero) is 1. The normalized spacial score (nSPS) is 17.6. The fraction of sp³-hybridized carbons (Fsp3) is 0.426. The highest BCUT2D eigenvalue weighted by Gasteiger charge is 2.39. The number of benzene rings is 5. The van der Waals surface area contributed by atoms with E-state index >= 15 is 0 Å². The number of imide groups is 1. The van der Waals surface area contributed by atoms with Gasteiger partial charge in [-0.3, -0.25) is 62.4 Å². The Bertz CT molecular complexity index is 4280. The van der Waals surface area contributed by atoms with Crippen molar-refractivity contribution in [2.24, 2.45) is 38.3 Å². The molecule has 0 bridgehead atoms. The van der Waals surface area contributed by atoms with Crippen LogP contribution in [0.2, 0.25) is 0 Å². The predicted molar refractivity (Wildman–Crippen MR) is 401 cm³/mol. The number of carbonyl (C=O) groups is 10. The van der Waals surface area contributed by atoms with Crippen LogP contribution in [0.1, 0.15) is 101 Å². The number of alkyl halides is 1. The molecular weight excluding hydrogens is 1540 g/mol. The number of aromatic hydroxyl groups is 2. The number of nitrogens with zero attached hydrogens (tertiary/aromatic N) is 4. The number of nitrogens with two attached hydrogens (primary N) is 4. The first-order valence-electron chi connectivity index (χ1n) is 33.2. The molecule has 0 radical (unpaired) electrons. The molecule has 37 heteroatoms. The van der Waals surface area contributed by atoms with E-state index in [2.05, 4.69) is 75.0 Å². The molecule has 2 aliphatic heterocycles. The van der Waals surface area contributed by atoms with Crippen molar-refractivity contribution in [2.75, 3.05) is 54.5 Å². The lowest BCUT2D eigenvalue weighted by atomic mass is 9.90. The summed E-state index contributed by atoms with van der Waals surface area (Å²) in [4.78, 5) is 140. The predicted octanol–water partition coefficient (Wildman–Crippen LogP) is 3.78. The number of phenolic OH excluding ortho intramolecular Hbond substituents is 2. The lowest BCUT2D eigenvalue weighted by molar-refractivity contribution is -0.138. The van der Waals surface area contributed by atoms with Gasteiger partial charge in [-0.2, -0.15) is 13.5 Å². The number of fused-ring (bicyclic) bond motifs is 1. The van der Waals surface area contributed by atoms with Crippen LogP contribution in [-0.2, 0) is 75.1 Å². The van der Waals surface area contributed by atoms with Crippen molar-refractivity contribution in [3.8, 4) is 22.6 Å². The van der Waals surface area contributed by atoms with Crippen LogP contribution >= 0.6 is 34.4 Å². The molecule has 568 valence electrons. The smallest absolute Gasteiger partial charge is 0.425 e. The van der Waals surface area contributed by atoms with Crippen molar-refractivity contribution in [3.05, 3.63) is 102 Å². The zero-order valence-electron chi connectivity index (χ0n) is 58.1. The topological polar surface area (TPSA) is 545 Å². The Morgan fingerprint density at radius 3 is 2.00 bits per heavy atom. The number of likely N-dealkylation sites (tertiary alicyclic amines) is 1. The second kappa shape index (κ2) is 42.3. The second-order valence-electron chi connectivity index (χ2n) is 24.4. The third-order valence-electron chi connectivity index (χ3n) is 16.7. The van der Waals surface area contributed by atoms with Crippen LogP contribution < -0.4 is 60.2 Å². The van der Waals surface area contributed by atoms with Gasteiger partial charge in [0.1, 0.15) is 28.4 Å². The van der Waals surface area contributed by atoms with E-state index in [1.165, 1.54) is 30.3 Å². The highest BCUT2D eigenvalue weighted by molar-refractivity contribution is 14.1. The molecule has 33 nitrogen and oxygen atoms in total. The van der Waals surface area contributed by atoms with Gasteiger partial charge in [0.15, 0.2) is 17.5 Å². The van der Waals surface area contributed by atoms with Gasteiger partial charge in [0.2, 0.25) is 53.2 Å². The molecule has 5 aromatic rings. The molecule has 1 unspecified atom stereocenters. The molecule has 2 saturated heterocycles. The Labute approximate surface area is 625 Å². The minimum absolute atomic E-state index is 0.00382. The lowest BCUT2D eigenvalue weighted by Gasteiger charge is -2.25. The molecule has 0 aliphatic carbocycles. The number of guanidine groups is 1. The number of nitrogen functional groups attached to an aromatic ring is 1. The van der Waals surface area contributed by atoms with Gasteiger partial charge in [0.05, 0.1) is 40.7 Å². The van der Waals surface area contributed by atoms with Gasteiger partial charge in [0.25, 0.3) is 10.1 Å². The van der Waals surface area contributed by atoms with E-state index < -0.39 is 132 Å². The summed E-state index contributed by atoms with van der Waals surface area (Å²) in [7, 11) is -7.71. The fourth-order valence-corrected chi connectivity index (χ4v) is 12.9. The Balaban J connectivity index is 0.00000319. The number of anilines is 2. The quantitative estimate of drug-likeness (QED) is 0.00373. The van der Waals surface area contributed by atoms with Crippen molar-refractivity contribution < 1.29 is 83.8 Å². The van der Waals surface area contributed by atoms with Gasteiger partial charge in [-0.15, -0.1) is 29.5 Å². The summed E-state index contributed by atoms with van der Waals surface area (Å²) < 4.78 is 58.8. The number of phenols is 2. The van der Waals surface area contributed by atoms with Crippen molar-refractivity contribution >= 4 is 154 Å². The van der Waals surface area contributed by atoms with E-state index in [1.807, 2.05) is 43.0 Å². The second-order valence-corrected chi connectivity index (χ2v) is 27.4. The van der Waals surface area contributed by atoms with Crippen LogP contribution in [0.25, 0.3) is 21.9 Å². The Hall–Kier alpha value is -9.70. The molecule has 105 heavy (non-hydrogen) atoms. The maximum absolute atomic E-state index is 14.2. The number of amides is 9. The van der Waals surface area contributed by atoms with Crippen LogP contribution in [0.15, 0.2) is 105 Å². The molecule has 0 aromatic heterocycles. The molecule has 2 aliphatic rings. The number of nitrogens with one attached hydrogen (secondary N) is 7. The highest BCUT2D eigenvalue weighted by Crippen LogP contribution is 2.42. The molecule has 0 spiro atoms. The molecule has 0 saturated carbocycles. The maximum Gasteiger partial charge on any atom is 0.425 e. The fourth-order valence-electron chi connectivity index (χ4n) is 11.2. The van der Waals surface area contributed by atoms with Gasteiger partial charge in [-0.05, 0) is 165 Å². The molecule has 18 N–H and O–H groups in total. The summed E-state index contributed by atoms with van der Waals surface area (Å²) in [5, 5.41) is 47.5. The number of azo groups is 1. The maximum atomic E-state index is 14.2. The van der Waals surface area contributed by atoms with Crippen LogP contribution in [-0.4, -0.2) is 178 Å². The summed E-state index contributed by atoms with van der Waals surface area (Å²) >= 11 is 3.13. The Morgan fingerprint density at radius 2 is 1.35 bits per heavy atom. The molecule has 9 amide bonds. The van der Waals surface area contributed by atoms with Crippen molar-refractivity contribution in [2.45, 2.75) is 139 Å². The Kier molecular flexibility index (Phi) is 34.6. The number of unbranched alkanes of at least 4 members (excludes halogenated alkanes) is 2. The van der Waals surface area contributed by atoms with E-state index in [1.54, 1.807) is 31.2 Å². The lowest BCUT2D eigenvalue weighted by Crippen LogP contribution is -2.55. The first-order valence-corrected chi connectivity index (χ1v) is 38.9. The highest BCUT2D eigenvalue weighted by atomic mass is 131. The van der Waals surface area contributed by atoms with Crippen molar-refractivity contribution in [1.82, 2.24) is 36.8 Å². The van der Waals surface area contributed by atoms with Crippen molar-refractivity contribution in [1.29, 1.82) is 0 Å². The first kappa shape index (κ1) is 85.9. The van der Waals surface area contributed by atoms with E-state index in [9.17, 15) is 71.1 Å². The van der Waals surface area contributed by atoms with Gasteiger partial charge in [-0.25, -0.2) is 0 Å². The number of ketones is 1. The average molecular weight is 1630 g/mol. The summed E-state index contributed by atoms with van der Waals surface area (Å²) in [5.74, 6) is -7.19. The van der Waals surface area contributed by atoms with Gasteiger partial charge in [-0.1, -0.05) is 59.8 Å². The number of carbonyl (C=O) groups excluding carboxylic acids is 10. The zero-order chi connectivity index (χ0) is 77.7. The van der Waals surface area contributed by atoms with E-state index in [4.69, 9.17) is 35.6 Å². The SMILES string of the molecule is CC[C@@H]1NC(=O)CNC(=O)[C@H](CCCN=C(N)N)NC(=O)[C@@H](CCCCNC(=O)CSC2CC(=O)N(CCC(=O)NCCCC[C@@H](N)C(=O)Nc3ccc(-c4ccc(N=Nc5ccc6c(S(=O)(=O)O)ccc(N)c6c5O)c(C)c4)cc3C)C2=O)NC(=O)[C@H](Cc2ccc(O)cc2)CC1=O.C[131I].O=S(=O)=O. The van der Waals surface area contributed by atoms with E-state index in [0.29, 0.717) is 42.6 Å². The van der Waals surface area contributed by atoms with Crippen LogP contribution in [0.3, 0.4) is 0 Å². The minimum atomic E-state index is -4.60. The largest absolute Gasteiger partial charge is 0.508 e. The average Bonchev–Trinajstić information content (AvgIpc) is 1.06. The summed E-state index contributed by atoms with van der Waals surface area (Å²) in [5.41, 5.74) is 28.2. The van der Waals surface area contributed by atoms with E-state index in [-0.39, 0.29) is 124 Å². The molecule has 6 atom stereocenters. The Morgan fingerprint density at radius 1 is 0.743 bits per heavy atom. The number of rotatable bonds is 29. The standard InChI is InChI=1S/C67H85N15O15S2.CH3I.O3S/c1-4-47-53(84)33-42(32-39-13-17-43(83)18-14-39)62(90)78-52(65(93)79-51(12-9-28-74-67(70)71)64(92)75-35-57(86)76-47)11-6-8-27-73-58(87)36-98-54-34-59(88)82(66(54)94)29-25-56(85)72-26-7-5-10-46(69)63(91)77-48-21-15-40(30-37(48)2)41-16-22-49(38(3)31-41)80-81-50-23-19-44-55(99(95,96)97)24-20-45(68)60(44)61(50)89;1-2;1-4(2)3/h13-24,30-31,42,46-47,51-52,54,83,89H,4-12,25-29,32-36,68-69H2,1-3H3,(H,72,85)(H,73,87)(H,75,92)(H,76,86)(H,77,91)(H,78,90)(H,79,93)(H4,70,71,74)(H,95,96,97);1H3;/t42-,46-,47+,51+,52-,54?;;/m1../s1/i;2+4;. The summed E-state index contributed by atoms with van der Waals surface area (Å²) in [6.45, 7) is 5.20. The summed E-state index contributed by atoms with van der Waals surface area (Å²) in [6, 6.07) is 17.9. The number of hydrogen-bond acceptors (Lipinski definition) is 23. The monoisotopic (exact) mass is 1630 g/mol. The molecule has 7 rings (SSSR count). The minimum Gasteiger partial charge on any atom is -0.508 e.